The van der Waals surface area contributed by atoms with Crippen LogP contribution in [-0.4, -0.2) is 34.3 Å². The standard InChI is InChI=1S/C8H9F3N2O2S/c1-7(15,8(9,10)11)3-12-6(14)5-2-16-4-13-5/h2,4,15H,3H2,1H3,(H,12,14). The molecule has 0 radical (unpaired) electrons. The average Bonchev–Trinajstić information content (AvgIpc) is 2.65. The van der Waals surface area contributed by atoms with Crippen LogP contribution >= 0.6 is 11.3 Å². The van der Waals surface area contributed by atoms with Crippen molar-refractivity contribution in [2.45, 2.75) is 18.7 Å². The summed E-state index contributed by atoms with van der Waals surface area (Å²) >= 11 is 1.15. The number of hydrogen-bond donors (Lipinski definition) is 2. The smallest absolute Gasteiger partial charge is 0.379 e. The molecule has 0 saturated heterocycles. The maximum absolute atomic E-state index is 12.2. The van der Waals surface area contributed by atoms with Crippen LogP contribution in [0.2, 0.25) is 0 Å². The predicted molar refractivity (Wildman–Crippen MR) is 51.1 cm³/mol. The highest BCUT2D eigenvalue weighted by atomic mass is 32.1. The molecule has 8 heteroatoms. The van der Waals surface area contributed by atoms with Gasteiger partial charge in [-0.3, -0.25) is 4.79 Å². The Morgan fingerprint density at radius 1 is 1.62 bits per heavy atom. The minimum atomic E-state index is -4.79. The Kier molecular flexibility index (Phi) is 3.54. The zero-order valence-corrected chi connectivity index (χ0v) is 9.02. The first-order valence-electron chi connectivity index (χ1n) is 4.19. The van der Waals surface area contributed by atoms with Crippen molar-refractivity contribution in [1.82, 2.24) is 10.3 Å². The number of halogens is 3. The van der Waals surface area contributed by atoms with Gasteiger partial charge in [0.1, 0.15) is 5.69 Å². The summed E-state index contributed by atoms with van der Waals surface area (Å²) < 4.78 is 36.6. The minimum Gasteiger partial charge on any atom is -0.379 e. The zero-order chi connectivity index (χ0) is 12.4. The highest BCUT2D eigenvalue weighted by Crippen LogP contribution is 2.29. The summed E-state index contributed by atoms with van der Waals surface area (Å²) in [6.45, 7) is -0.318. The first kappa shape index (κ1) is 12.9. The number of aliphatic hydroxyl groups is 1. The number of thiazole rings is 1. The Morgan fingerprint density at radius 2 is 2.25 bits per heavy atom. The highest BCUT2D eigenvalue weighted by Gasteiger charge is 2.49. The molecule has 4 nitrogen and oxygen atoms in total. The molecule has 2 N–H and O–H groups in total. The molecule has 1 atom stereocenters. The van der Waals surface area contributed by atoms with Crippen molar-refractivity contribution in [3.05, 3.63) is 16.6 Å². The molecule has 1 aromatic heterocycles. The third-order valence-electron chi connectivity index (χ3n) is 1.87. The van der Waals surface area contributed by atoms with E-state index in [1.54, 1.807) is 0 Å². The molecule has 0 aliphatic heterocycles. The molecule has 0 fully saturated rings. The van der Waals surface area contributed by atoms with Gasteiger partial charge in [0.05, 0.1) is 12.1 Å². The van der Waals surface area contributed by atoms with Crippen LogP contribution < -0.4 is 5.32 Å². The number of alkyl halides is 3. The third-order valence-corrected chi connectivity index (χ3v) is 2.46. The van der Waals surface area contributed by atoms with Gasteiger partial charge >= 0.3 is 6.18 Å². The van der Waals surface area contributed by atoms with Crippen LogP contribution in [0.25, 0.3) is 0 Å². The Balaban J connectivity index is 2.56. The van der Waals surface area contributed by atoms with E-state index < -0.39 is 24.2 Å². The monoisotopic (exact) mass is 254 g/mol. The van der Waals surface area contributed by atoms with Gasteiger partial charge < -0.3 is 10.4 Å². The number of nitrogens with zero attached hydrogens (tertiary/aromatic N) is 1. The van der Waals surface area contributed by atoms with Gasteiger partial charge in [0, 0.05) is 5.38 Å². The van der Waals surface area contributed by atoms with Gasteiger partial charge in [0.2, 0.25) is 0 Å². The highest BCUT2D eigenvalue weighted by molar-refractivity contribution is 7.07. The van der Waals surface area contributed by atoms with Gasteiger partial charge in [-0.1, -0.05) is 0 Å². The second-order valence-corrected chi connectivity index (χ2v) is 4.05. The largest absolute Gasteiger partial charge is 0.418 e. The van der Waals surface area contributed by atoms with E-state index in [2.05, 4.69) is 4.98 Å². The molecule has 0 bridgehead atoms. The average molecular weight is 254 g/mol. The first-order valence-corrected chi connectivity index (χ1v) is 5.14. The maximum Gasteiger partial charge on any atom is 0.418 e. The summed E-state index contributed by atoms with van der Waals surface area (Å²) in [6.07, 6.45) is -4.79. The Labute approximate surface area is 93.1 Å². The topological polar surface area (TPSA) is 62.2 Å². The Morgan fingerprint density at radius 3 is 2.69 bits per heavy atom. The number of nitrogens with one attached hydrogen (secondary N) is 1. The van der Waals surface area contributed by atoms with Crippen LogP contribution in [0.1, 0.15) is 17.4 Å². The lowest BCUT2D eigenvalue weighted by atomic mass is 10.1. The SMILES string of the molecule is CC(O)(CNC(=O)c1cscn1)C(F)(F)F. The molecule has 1 aromatic rings. The van der Waals surface area contributed by atoms with Crippen LogP contribution in [0.5, 0.6) is 0 Å². The van der Waals surface area contributed by atoms with Gasteiger partial charge in [0.25, 0.3) is 5.91 Å². The Hall–Kier alpha value is -1.15. The van der Waals surface area contributed by atoms with Crippen molar-refractivity contribution in [1.29, 1.82) is 0 Å². The minimum absolute atomic E-state index is 0.0305. The molecule has 0 spiro atoms. The van der Waals surface area contributed by atoms with E-state index in [4.69, 9.17) is 5.11 Å². The van der Waals surface area contributed by atoms with Crippen LogP contribution in [0, 0.1) is 0 Å². The van der Waals surface area contributed by atoms with Gasteiger partial charge in [-0.25, -0.2) is 4.98 Å². The van der Waals surface area contributed by atoms with E-state index in [0.717, 1.165) is 11.3 Å². The summed E-state index contributed by atoms with van der Waals surface area (Å²) in [5.74, 6) is -0.745. The fourth-order valence-electron chi connectivity index (χ4n) is 0.768. The van der Waals surface area contributed by atoms with E-state index >= 15 is 0 Å². The third kappa shape index (κ3) is 2.92. The van der Waals surface area contributed by atoms with Crippen molar-refractivity contribution in [2.75, 3.05) is 6.54 Å². The molecule has 1 rings (SSSR count). The lowest BCUT2D eigenvalue weighted by Gasteiger charge is -2.26. The summed E-state index contributed by atoms with van der Waals surface area (Å²) in [4.78, 5) is 14.9. The van der Waals surface area contributed by atoms with Gasteiger partial charge in [-0.2, -0.15) is 13.2 Å². The fourth-order valence-corrected chi connectivity index (χ4v) is 1.30. The van der Waals surface area contributed by atoms with Gasteiger partial charge in [-0.15, -0.1) is 11.3 Å². The normalized spacial score (nSPS) is 15.6. The van der Waals surface area contributed by atoms with Crippen molar-refractivity contribution >= 4 is 17.2 Å². The van der Waals surface area contributed by atoms with Crippen molar-refractivity contribution in [3.63, 3.8) is 0 Å². The quantitative estimate of drug-likeness (QED) is 0.851. The number of amides is 1. The van der Waals surface area contributed by atoms with Gasteiger partial charge in [0.15, 0.2) is 5.60 Å². The number of carbonyl (C=O) groups excluding carboxylic acids is 1. The van der Waals surface area contributed by atoms with Crippen LogP contribution in [0.3, 0.4) is 0 Å². The van der Waals surface area contributed by atoms with Crippen LogP contribution in [0.15, 0.2) is 10.9 Å². The first-order chi connectivity index (χ1) is 7.24. The molecule has 0 aliphatic rings. The second kappa shape index (κ2) is 4.38. The van der Waals surface area contributed by atoms with E-state index in [9.17, 15) is 18.0 Å². The molecule has 0 aliphatic carbocycles. The molecule has 0 saturated carbocycles. The molecular formula is C8H9F3N2O2S. The lowest BCUT2D eigenvalue weighted by Crippen LogP contribution is -2.51. The molecule has 1 heterocycles. The number of rotatable bonds is 3. The summed E-state index contributed by atoms with van der Waals surface area (Å²) in [7, 11) is 0. The molecule has 90 valence electrons. The Bertz CT molecular complexity index is 362. The predicted octanol–water partition coefficient (Wildman–Crippen LogP) is 1.19. The van der Waals surface area contributed by atoms with Crippen LogP contribution in [0.4, 0.5) is 13.2 Å². The molecule has 16 heavy (non-hydrogen) atoms. The lowest BCUT2D eigenvalue weighted by molar-refractivity contribution is -0.249. The number of carbonyl (C=O) groups is 1. The van der Waals surface area contributed by atoms with Crippen LogP contribution in [-0.2, 0) is 0 Å². The van der Waals surface area contributed by atoms with E-state index in [0.29, 0.717) is 6.92 Å². The molecule has 0 aromatic carbocycles. The van der Waals surface area contributed by atoms with Crippen molar-refractivity contribution < 1.29 is 23.1 Å². The molecule has 1 amide bonds. The zero-order valence-electron chi connectivity index (χ0n) is 8.21. The van der Waals surface area contributed by atoms with E-state index in [-0.39, 0.29) is 5.69 Å². The van der Waals surface area contributed by atoms with Gasteiger partial charge in [-0.05, 0) is 6.92 Å². The maximum atomic E-state index is 12.2. The van der Waals surface area contributed by atoms with Crippen molar-refractivity contribution in [3.8, 4) is 0 Å². The number of aromatic nitrogens is 1. The van der Waals surface area contributed by atoms with Crippen molar-refractivity contribution in [2.24, 2.45) is 0 Å². The van der Waals surface area contributed by atoms with E-state index in [1.807, 2.05) is 5.32 Å². The summed E-state index contributed by atoms with van der Waals surface area (Å²) in [5.41, 5.74) is -1.53. The summed E-state index contributed by atoms with van der Waals surface area (Å²) in [6, 6.07) is 0. The molecule has 1 unspecified atom stereocenters. The molecular weight excluding hydrogens is 245 g/mol. The second-order valence-electron chi connectivity index (χ2n) is 3.33. The summed E-state index contributed by atoms with van der Waals surface area (Å²) in [5, 5.41) is 12.4. The number of hydrogen-bond acceptors (Lipinski definition) is 4. The fraction of sp³-hybridized carbons (Fsp3) is 0.500. The van der Waals surface area contributed by atoms with E-state index in [1.165, 1.54) is 10.9 Å².